The fourth-order valence-electron chi connectivity index (χ4n) is 3.91. The lowest BCUT2D eigenvalue weighted by Crippen LogP contribution is -2.47. The lowest BCUT2D eigenvalue weighted by atomic mass is 9.95. The minimum atomic E-state index is -5.19. The van der Waals surface area contributed by atoms with E-state index in [0.717, 1.165) is 45.6 Å². The highest BCUT2D eigenvalue weighted by Crippen LogP contribution is 2.35. The molecule has 4 N–H and O–H groups in total. The van der Waals surface area contributed by atoms with E-state index < -0.39 is 12.1 Å². The first kappa shape index (κ1) is 27.6. The Morgan fingerprint density at radius 1 is 0.897 bits per heavy atom. The van der Waals surface area contributed by atoms with Gasteiger partial charge in [0.15, 0.2) is 0 Å². The van der Waals surface area contributed by atoms with Crippen LogP contribution in [0.15, 0.2) is 95.9 Å². The molecule has 0 unspecified atom stereocenters. The quantitative estimate of drug-likeness (QED) is 0.339. The average molecular weight is 552 g/mol. The van der Waals surface area contributed by atoms with Gasteiger partial charge in [-0.05, 0) is 29.3 Å². The zero-order valence-electron chi connectivity index (χ0n) is 20.3. The minimum Gasteiger partial charge on any atom is -0.542 e. The highest BCUT2D eigenvalue weighted by atomic mass is 35.5. The summed E-state index contributed by atoms with van der Waals surface area (Å²) in [6, 6.07) is 27.8. The van der Waals surface area contributed by atoms with Gasteiger partial charge in [-0.2, -0.15) is 13.2 Å². The number of alkyl halides is 3. The summed E-state index contributed by atoms with van der Waals surface area (Å²) in [5, 5.41) is 10.00. The molecule has 5 aromatic rings. The van der Waals surface area contributed by atoms with E-state index in [0.29, 0.717) is 15.9 Å². The van der Waals surface area contributed by atoms with Crippen LogP contribution in [-0.4, -0.2) is 22.1 Å². The molecule has 0 radical (unpaired) electrons. The Hall–Kier alpha value is -4.47. The van der Waals surface area contributed by atoms with E-state index in [2.05, 4.69) is 35.0 Å². The van der Waals surface area contributed by atoms with Gasteiger partial charge in [0.1, 0.15) is 5.97 Å². The lowest BCUT2D eigenvalue weighted by molar-refractivity contribution is -0.386. The summed E-state index contributed by atoms with van der Waals surface area (Å²) in [5.41, 5.74) is 11.2. The number of halogens is 4. The Balaban J connectivity index is 0.000000448. The second-order valence-electron chi connectivity index (χ2n) is 8.42. The first-order chi connectivity index (χ1) is 18.6. The number of fused-ring (bicyclic) bond motifs is 1. The molecule has 10 heteroatoms. The normalized spacial score (nSPS) is 11.1. The third-order valence-electron chi connectivity index (χ3n) is 5.86. The predicted molar refractivity (Wildman–Crippen MR) is 141 cm³/mol. The molecule has 0 aliphatic heterocycles. The molecular weight excluding hydrogens is 531 g/mol. The number of nitrogens with zero attached hydrogens (tertiary/aromatic N) is 1. The molecule has 0 saturated carbocycles. The van der Waals surface area contributed by atoms with Gasteiger partial charge in [0.2, 0.25) is 0 Å². The van der Waals surface area contributed by atoms with Crippen molar-refractivity contribution in [2.75, 3.05) is 0 Å². The number of hydrogen-bond donors (Lipinski definition) is 2. The van der Waals surface area contributed by atoms with Crippen molar-refractivity contribution >= 4 is 28.5 Å². The summed E-state index contributed by atoms with van der Waals surface area (Å²) in [7, 11) is 0. The third-order valence-corrected chi connectivity index (χ3v) is 6.11. The van der Waals surface area contributed by atoms with Crippen LogP contribution in [0.4, 0.5) is 13.2 Å². The number of aromatic amines is 1. The number of carboxylic acids is 1. The van der Waals surface area contributed by atoms with E-state index in [1.165, 1.54) is 0 Å². The molecule has 3 aromatic carbocycles. The maximum absolute atomic E-state index is 12.8. The summed E-state index contributed by atoms with van der Waals surface area (Å²) in [4.78, 5) is 29.5. The van der Waals surface area contributed by atoms with Crippen molar-refractivity contribution in [3.05, 3.63) is 112 Å². The largest absolute Gasteiger partial charge is 0.542 e. The Labute approximate surface area is 225 Å². The summed E-state index contributed by atoms with van der Waals surface area (Å²) in [5.74, 6) is -3.01. The van der Waals surface area contributed by atoms with Crippen molar-refractivity contribution < 1.29 is 28.8 Å². The van der Waals surface area contributed by atoms with E-state index in [1.807, 2.05) is 60.7 Å². The number of carbonyl (C=O) groups is 1. The Bertz CT molecular complexity index is 1670. The van der Waals surface area contributed by atoms with Crippen LogP contribution in [0.3, 0.4) is 0 Å². The van der Waals surface area contributed by atoms with E-state index >= 15 is 0 Å². The topological polar surface area (TPSA) is 114 Å². The van der Waals surface area contributed by atoms with Crippen molar-refractivity contribution in [2.24, 2.45) is 0 Å². The molecule has 0 amide bonds. The number of benzene rings is 3. The van der Waals surface area contributed by atoms with Gasteiger partial charge in [-0.15, -0.1) is 0 Å². The summed E-state index contributed by atoms with van der Waals surface area (Å²) in [6.07, 6.45) is -3.47. The smallest absolute Gasteiger partial charge is 0.430 e. The van der Waals surface area contributed by atoms with Crippen LogP contribution in [0.2, 0.25) is 5.02 Å². The SMILES string of the molecule is O=C([O-])C(F)(F)F.[NH3+]Cc1ccc(-c2nc3c(-c4ccc(Cl)cc4)c[nH]c(=O)c3cc2-c2ccccc2)cc1. The van der Waals surface area contributed by atoms with E-state index in [4.69, 9.17) is 26.5 Å². The van der Waals surface area contributed by atoms with Crippen molar-refractivity contribution in [1.82, 2.24) is 9.97 Å². The molecule has 5 rings (SSSR count). The van der Waals surface area contributed by atoms with E-state index in [-0.39, 0.29) is 5.56 Å². The minimum absolute atomic E-state index is 0.165. The lowest BCUT2D eigenvalue weighted by Gasteiger charge is -2.14. The maximum atomic E-state index is 12.8. The van der Waals surface area contributed by atoms with Crippen LogP contribution in [0.5, 0.6) is 0 Å². The van der Waals surface area contributed by atoms with Gasteiger partial charge in [0, 0.05) is 33.5 Å². The first-order valence-corrected chi connectivity index (χ1v) is 12.0. The second kappa shape index (κ2) is 11.5. The van der Waals surface area contributed by atoms with Crippen LogP contribution >= 0.6 is 11.6 Å². The zero-order chi connectivity index (χ0) is 28.2. The van der Waals surface area contributed by atoms with Crippen LogP contribution in [-0.2, 0) is 11.3 Å². The fraction of sp³-hybridized carbons (Fsp3) is 0.0690. The summed E-state index contributed by atoms with van der Waals surface area (Å²) < 4.78 is 31.5. The van der Waals surface area contributed by atoms with Gasteiger partial charge in [-0.3, -0.25) is 4.79 Å². The highest BCUT2D eigenvalue weighted by molar-refractivity contribution is 6.30. The Morgan fingerprint density at radius 2 is 1.46 bits per heavy atom. The van der Waals surface area contributed by atoms with Crippen LogP contribution in [0, 0.1) is 0 Å². The van der Waals surface area contributed by atoms with Gasteiger partial charge >= 0.3 is 6.18 Å². The molecule has 2 heterocycles. The van der Waals surface area contributed by atoms with Gasteiger partial charge in [0.25, 0.3) is 5.56 Å². The van der Waals surface area contributed by atoms with Crippen molar-refractivity contribution in [1.29, 1.82) is 0 Å². The molecule has 0 fully saturated rings. The number of H-pyrrole nitrogens is 1. The average Bonchev–Trinajstić information content (AvgIpc) is 2.94. The van der Waals surface area contributed by atoms with E-state index in [1.54, 1.807) is 6.20 Å². The fourth-order valence-corrected chi connectivity index (χ4v) is 4.04. The highest BCUT2D eigenvalue weighted by Gasteiger charge is 2.28. The standard InChI is InChI=1S/C27H20ClN3O.C2HF3O2/c28-21-12-10-19(11-13-21)24-16-30-27(32)23-14-22(18-4-2-1-3-5-18)25(31-26(23)24)20-8-6-17(15-29)7-9-20;3-2(4,5)1(6)7/h1-14,16H,15,29H2,(H,30,32);(H,6,7). The van der Waals surface area contributed by atoms with Crippen molar-refractivity contribution in [2.45, 2.75) is 12.7 Å². The van der Waals surface area contributed by atoms with Gasteiger partial charge in [-0.1, -0.05) is 78.3 Å². The molecule has 0 aliphatic rings. The number of carbonyl (C=O) groups excluding carboxylic acids is 1. The molecule has 0 aliphatic carbocycles. The molecule has 0 bridgehead atoms. The molecule has 0 spiro atoms. The maximum Gasteiger partial charge on any atom is 0.430 e. The molecule has 2 aromatic heterocycles. The number of aliphatic carboxylic acids is 1. The molecule has 39 heavy (non-hydrogen) atoms. The van der Waals surface area contributed by atoms with Gasteiger partial charge in [-0.25, -0.2) is 4.98 Å². The predicted octanol–water partition coefficient (Wildman–Crippen LogP) is 4.62. The molecule has 0 atom stereocenters. The number of nitrogens with one attached hydrogen (secondary N) is 1. The summed E-state index contributed by atoms with van der Waals surface area (Å²) >= 11 is 6.08. The number of pyridine rings is 2. The molecular formula is C29H21ClF3N3O3. The van der Waals surface area contributed by atoms with Crippen molar-refractivity contribution in [3.63, 3.8) is 0 Å². The molecule has 198 valence electrons. The molecule has 0 saturated heterocycles. The Morgan fingerprint density at radius 3 is 2.03 bits per heavy atom. The molecule has 6 nitrogen and oxygen atoms in total. The van der Waals surface area contributed by atoms with Crippen LogP contribution in [0.25, 0.3) is 44.4 Å². The number of carboxylic acid groups (broad SMARTS) is 1. The van der Waals surface area contributed by atoms with E-state index in [9.17, 15) is 18.0 Å². The zero-order valence-corrected chi connectivity index (χ0v) is 21.0. The Kier molecular flexibility index (Phi) is 8.13. The summed E-state index contributed by atoms with van der Waals surface area (Å²) in [6.45, 7) is 0.729. The van der Waals surface area contributed by atoms with Crippen LogP contribution < -0.4 is 16.4 Å². The monoisotopic (exact) mass is 551 g/mol. The van der Waals surface area contributed by atoms with Crippen molar-refractivity contribution in [3.8, 4) is 33.5 Å². The second-order valence-corrected chi connectivity index (χ2v) is 8.85. The van der Waals surface area contributed by atoms with Gasteiger partial charge < -0.3 is 20.6 Å². The first-order valence-electron chi connectivity index (χ1n) is 11.6. The number of hydrogen-bond acceptors (Lipinski definition) is 4. The van der Waals surface area contributed by atoms with Crippen LogP contribution in [0.1, 0.15) is 5.56 Å². The van der Waals surface area contributed by atoms with Gasteiger partial charge in [0.05, 0.1) is 23.1 Å². The number of aromatic nitrogens is 2. The number of quaternary nitrogens is 1. The third kappa shape index (κ3) is 6.34. The number of rotatable bonds is 4.